The Morgan fingerprint density at radius 1 is 1.13 bits per heavy atom. The first-order valence-corrected chi connectivity index (χ1v) is 13.0. The minimum Gasteiger partial charge on any atom is -0.378 e. The summed E-state index contributed by atoms with van der Waals surface area (Å²) in [6.45, 7) is 5.02. The summed E-state index contributed by atoms with van der Waals surface area (Å²) in [6, 6.07) is 4.05. The molecule has 0 spiro atoms. The first-order chi connectivity index (χ1) is 18.2. The predicted molar refractivity (Wildman–Crippen MR) is 136 cm³/mol. The first-order valence-electron chi connectivity index (χ1n) is 13.0. The molecule has 8 nitrogen and oxygen atoms in total. The van der Waals surface area contributed by atoms with Crippen LogP contribution in [0.3, 0.4) is 0 Å². The van der Waals surface area contributed by atoms with Crippen LogP contribution in [-0.4, -0.2) is 78.6 Å². The van der Waals surface area contributed by atoms with Gasteiger partial charge < -0.3 is 19.3 Å². The molecule has 0 saturated carbocycles. The number of likely N-dealkylation sites (tertiary alicyclic amines) is 1. The zero-order valence-corrected chi connectivity index (χ0v) is 21.6. The molecule has 1 atom stereocenters. The van der Waals surface area contributed by atoms with E-state index in [1.807, 2.05) is 4.90 Å². The van der Waals surface area contributed by atoms with Gasteiger partial charge in [0.15, 0.2) is 0 Å². The molecule has 1 aromatic heterocycles. The van der Waals surface area contributed by atoms with Gasteiger partial charge in [-0.2, -0.15) is 13.2 Å². The van der Waals surface area contributed by atoms with E-state index in [9.17, 15) is 18.0 Å². The van der Waals surface area contributed by atoms with E-state index in [1.54, 1.807) is 25.0 Å². The molecule has 4 heterocycles. The van der Waals surface area contributed by atoms with Gasteiger partial charge in [-0.1, -0.05) is 6.07 Å². The minimum absolute atomic E-state index is 0.104. The summed E-state index contributed by atoms with van der Waals surface area (Å²) in [5, 5.41) is 0. The summed E-state index contributed by atoms with van der Waals surface area (Å²) in [5.41, 5.74) is 2.88. The van der Waals surface area contributed by atoms with Crippen molar-refractivity contribution in [2.24, 2.45) is 4.99 Å². The van der Waals surface area contributed by atoms with Crippen LogP contribution >= 0.6 is 0 Å². The molecule has 3 aliphatic rings. The number of nitrogens with zero attached hydrogens (tertiary/aromatic N) is 5. The number of aromatic nitrogens is 2. The molecule has 0 radical (unpaired) electrons. The van der Waals surface area contributed by atoms with E-state index in [0.717, 1.165) is 36.6 Å². The van der Waals surface area contributed by atoms with Crippen molar-refractivity contribution in [3.63, 3.8) is 0 Å². The van der Waals surface area contributed by atoms with E-state index in [1.165, 1.54) is 12.4 Å². The van der Waals surface area contributed by atoms with E-state index in [0.29, 0.717) is 68.5 Å². The van der Waals surface area contributed by atoms with E-state index < -0.39 is 11.7 Å². The standard InChI is InChI=1S/C27H32F3N5O3/c1-17-24(26(36)34-10-6-21(7-11-34)33-22-8-12-38-15-23(22)37-2)31-16-32-25(17)35-9-5-18-3-4-20(27(28,29)30)13-19(18)14-35/h3-4,13,16,21,23H,5-12,14-15H2,1-2H3/t23-/m1/s1. The van der Waals surface area contributed by atoms with Gasteiger partial charge in [-0.25, -0.2) is 9.97 Å². The van der Waals surface area contributed by atoms with Crippen molar-refractivity contribution >= 4 is 17.4 Å². The monoisotopic (exact) mass is 531 g/mol. The zero-order valence-electron chi connectivity index (χ0n) is 21.6. The van der Waals surface area contributed by atoms with E-state index >= 15 is 0 Å². The summed E-state index contributed by atoms with van der Waals surface area (Å²) in [6.07, 6.45) is -0.247. The number of piperidine rings is 1. The molecule has 2 saturated heterocycles. The number of methoxy groups -OCH3 is 1. The summed E-state index contributed by atoms with van der Waals surface area (Å²) < 4.78 is 50.7. The second-order valence-electron chi connectivity index (χ2n) is 10.0. The summed E-state index contributed by atoms with van der Waals surface area (Å²) in [5.74, 6) is 0.424. The van der Waals surface area contributed by atoms with Crippen molar-refractivity contribution < 1.29 is 27.4 Å². The van der Waals surface area contributed by atoms with Crippen LogP contribution in [0.4, 0.5) is 19.0 Å². The van der Waals surface area contributed by atoms with Crippen molar-refractivity contribution in [3.05, 3.63) is 52.5 Å². The molecular formula is C27H32F3N5O3. The Hall–Kier alpha value is -3.05. The van der Waals surface area contributed by atoms with Crippen molar-refractivity contribution in [2.75, 3.05) is 44.9 Å². The van der Waals surface area contributed by atoms with Gasteiger partial charge in [-0.15, -0.1) is 0 Å². The molecule has 2 aromatic rings. The van der Waals surface area contributed by atoms with Crippen molar-refractivity contribution in [1.29, 1.82) is 0 Å². The van der Waals surface area contributed by atoms with Crippen LogP contribution in [0.1, 0.15) is 52.0 Å². The number of hydrogen-bond donors (Lipinski definition) is 0. The van der Waals surface area contributed by atoms with E-state index in [4.69, 9.17) is 14.5 Å². The average Bonchev–Trinajstić information content (AvgIpc) is 2.92. The van der Waals surface area contributed by atoms with Crippen LogP contribution in [0.5, 0.6) is 0 Å². The van der Waals surface area contributed by atoms with Crippen LogP contribution in [0.25, 0.3) is 0 Å². The molecule has 1 aromatic carbocycles. The molecule has 1 amide bonds. The third kappa shape index (κ3) is 5.54. The largest absolute Gasteiger partial charge is 0.416 e. The van der Waals surface area contributed by atoms with Crippen molar-refractivity contribution in [3.8, 4) is 0 Å². The van der Waals surface area contributed by atoms with Crippen LogP contribution in [0.2, 0.25) is 0 Å². The molecule has 0 unspecified atom stereocenters. The normalized spacial score (nSPS) is 22.0. The number of rotatable bonds is 4. The Balaban J connectivity index is 1.27. The molecule has 0 bridgehead atoms. The third-order valence-corrected chi connectivity index (χ3v) is 7.63. The van der Waals surface area contributed by atoms with Gasteiger partial charge in [0, 0.05) is 51.0 Å². The molecule has 11 heteroatoms. The van der Waals surface area contributed by atoms with Crippen LogP contribution in [0.15, 0.2) is 29.5 Å². The number of ether oxygens (including phenoxy) is 2. The molecule has 5 rings (SSSR count). The molecule has 0 N–H and O–H groups in total. The van der Waals surface area contributed by atoms with Crippen LogP contribution in [0, 0.1) is 6.92 Å². The maximum atomic E-state index is 13.4. The zero-order chi connectivity index (χ0) is 26.9. The smallest absolute Gasteiger partial charge is 0.378 e. The van der Waals surface area contributed by atoms with Crippen molar-refractivity contribution in [2.45, 2.75) is 57.5 Å². The highest BCUT2D eigenvalue weighted by Crippen LogP contribution is 2.33. The highest BCUT2D eigenvalue weighted by molar-refractivity contribution is 5.95. The Labute approximate surface area is 219 Å². The lowest BCUT2D eigenvalue weighted by Gasteiger charge is -2.33. The lowest BCUT2D eigenvalue weighted by Crippen LogP contribution is -2.42. The maximum absolute atomic E-state index is 13.4. The number of carbonyl (C=O) groups excluding carboxylic acids is 1. The molecule has 3 aliphatic heterocycles. The van der Waals surface area contributed by atoms with Gasteiger partial charge in [0.25, 0.3) is 5.91 Å². The summed E-state index contributed by atoms with van der Waals surface area (Å²) in [4.78, 5) is 30.8. The molecular weight excluding hydrogens is 499 g/mol. The number of aliphatic imine (C=N–C) groups is 1. The number of carbonyl (C=O) groups is 1. The van der Waals surface area contributed by atoms with Gasteiger partial charge in [-0.05, 0) is 49.4 Å². The number of fused-ring (bicyclic) bond motifs is 1. The lowest BCUT2D eigenvalue weighted by molar-refractivity contribution is -0.137. The van der Waals surface area contributed by atoms with Gasteiger partial charge in [-0.3, -0.25) is 9.79 Å². The van der Waals surface area contributed by atoms with Crippen LogP contribution in [-0.2, 0) is 28.6 Å². The number of anilines is 1. The fourth-order valence-electron chi connectivity index (χ4n) is 5.45. The Bertz CT molecular complexity index is 1210. The number of halogens is 3. The molecule has 38 heavy (non-hydrogen) atoms. The number of amides is 1. The minimum atomic E-state index is -4.39. The Morgan fingerprint density at radius 3 is 2.66 bits per heavy atom. The van der Waals surface area contributed by atoms with Crippen molar-refractivity contribution in [1.82, 2.24) is 14.9 Å². The number of alkyl halides is 3. The lowest BCUT2D eigenvalue weighted by atomic mass is 9.97. The third-order valence-electron chi connectivity index (χ3n) is 7.63. The topological polar surface area (TPSA) is 80.2 Å². The Morgan fingerprint density at radius 2 is 1.92 bits per heavy atom. The quantitative estimate of drug-likeness (QED) is 0.597. The van der Waals surface area contributed by atoms with Crippen LogP contribution < -0.4 is 4.90 Å². The van der Waals surface area contributed by atoms with E-state index in [2.05, 4.69) is 9.97 Å². The fourth-order valence-corrected chi connectivity index (χ4v) is 5.45. The highest BCUT2D eigenvalue weighted by atomic mass is 19.4. The summed E-state index contributed by atoms with van der Waals surface area (Å²) >= 11 is 0. The SMILES string of the molecule is CO[C@@H]1COCCC1=NC1CCN(C(=O)c2ncnc(N3CCc4ccc(C(F)(F)F)cc4C3)c2C)CC1. The number of hydrogen-bond acceptors (Lipinski definition) is 7. The number of benzene rings is 1. The molecule has 204 valence electrons. The second kappa shape index (κ2) is 11.0. The first kappa shape index (κ1) is 26.6. The maximum Gasteiger partial charge on any atom is 0.416 e. The fraction of sp³-hybridized carbons (Fsp3) is 0.556. The van der Waals surface area contributed by atoms with Gasteiger partial charge in [0.1, 0.15) is 23.9 Å². The molecule has 0 aliphatic carbocycles. The van der Waals surface area contributed by atoms with Gasteiger partial charge in [0.2, 0.25) is 0 Å². The highest BCUT2D eigenvalue weighted by Gasteiger charge is 2.33. The van der Waals surface area contributed by atoms with Gasteiger partial charge in [0.05, 0.1) is 24.8 Å². The van der Waals surface area contributed by atoms with Gasteiger partial charge >= 0.3 is 6.18 Å². The second-order valence-corrected chi connectivity index (χ2v) is 10.0. The van der Waals surface area contributed by atoms with E-state index in [-0.39, 0.29) is 18.1 Å². The molecule has 2 fully saturated rings. The summed E-state index contributed by atoms with van der Waals surface area (Å²) in [7, 11) is 1.66. The Kier molecular flexibility index (Phi) is 7.67. The average molecular weight is 532 g/mol. The predicted octanol–water partition coefficient (Wildman–Crippen LogP) is 3.85.